The first kappa shape index (κ1) is 11.9. The lowest BCUT2D eigenvalue weighted by Crippen LogP contribution is -1.94. The van der Waals surface area contributed by atoms with E-state index in [1.807, 2.05) is 30.3 Å². The Labute approximate surface area is 94.5 Å². The summed E-state index contributed by atoms with van der Waals surface area (Å²) in [5.41, 5.74) is 9.08. The van der Waals surface area contributed by atoms with Crippen LogP contribution in [0.2, 0.25) is 0 Å². The maximum absolute atomic E-state index is 8.12. The highest BCUT2D eigenvalue weighted by Crippen LogP contribution is 2.19. The van der Waals surface area contributed by atoms with Gasteiger partial charge in [0.25, 0.3) is 0 Å². The molecule has 0 aromatic heterocycles. The summed E-state index contributed by atoms with van der Waals surface area (Å²) >= 11 is 0. The van der Waals surface area contributed by atoms with Gasteiger partial charge >= 0.3 is 0 Å². The van der Waals surface area contributed by atoms with Crippen molar-refractivity contribution in [1.29, 1.82) is 0 Å². The molecule has 0 N–H and O–H groups in total. The van der Waals surface area contributed by atoms with Crippen LogP contribution in [-0.4, -0.2) is 13.2 Å². The van der Waals surface area contributed by atoms with Gasteiger partial charge < -0.3 is 4.74 Å². The molecule has 0 atom stereocenters. The fraction of sp³-hybridized carbons (Fsp3) is 0.167. The Bertz CT molecular complexity index is 420. The highest BCUT2D eigenvalue weighted by atomic mass is 16.5. The number of nitrogens with zero attached hydrogens (tertiary/aromatic N) is 3. The molecule has 0 aliphatic carbocycles. The van der Waals surface area contributed by atoms with Crippen LogP contribution in [0.3, 0.4) is 0 Å². The van der Waals surface area contributed by atoms with E-state index < -0.39 is 0 Å². The van der Waals surface area contributed by atoms with Crippen molar-refractivity contribution in [1.82, 2.24) is 0 Å². The van der Waals surface area contributed by atoms with E-state index in [1.165, 1.54) is 0 Å². The van der Waals surface area contributed by atoms with Crippen LogP contribution in [-0.2, 0) is 0 Å². The number of rotatable bonds is 6. The van der Waals surface area contributed by atoms with Crippen molar-refractivity contribution in [2.45, 2.75) is 0 Å². The molecule has 1 rings (SSSR count). The largest absolute Gasteiger partial charge is 0.489 e. The average Bonchev–Trinajstić information content (AvgIpc) is 2.33. The Morgan fingerprint density at radius 1 is 1.44 bits per heavy atom. The Morgan fingerprint density at radius 2 is 2.25 bits per heavy atom. The molecule has 0 saturated heterocycles. The van der Waals surface area contributed by atoms with Gasteiger partial charge in [0.05, 0.1) is 0 Å². The van der Waals surface area contributed by atoms with Crippen molar-refractivity contribution in [2.24, 2.45) is 5.11 Å². The average molecular weight is 215 g/mol. The second-order valence-corrected chi connectivity index (χ2v) is 2.95. The first-order valence-corrected chi connectivity index (χ1v) is 4.88. The molecule has 0 unspecified atom stereocenters. The highest BCUT2D eigenvalue weighted by Gasteiger charge is 1.97. The van der Waals surface area contributed by atoms with Crippen LogP contribution in [0.25, 0.3) is 16.5 Å². The van der Waals surface area contributed by atoms with Gasteiger partial charge in [-0.15, -0.1) is 0 Å². The molecule has 4 nitrogen and oxygen atoms in total. The molecule has 4 heteroatoms. The van der Waals surface area contributed by atoms with Crippen LogP contribution in [0.5, 0.6) is 5.75 Å². The molecule has 16 heavy (non-hydrogen) atoms. The first-order chi connectivity index (χ1) is 7.88. The summed E-state index contributed by atoms with van der Waals surface area (Å²) in [6.45, 7) is 4.41. The molecule has 1 aromatic carbocycles. The zero-order chi connectivity index (χ0) is 11.6. The minimum absolute atomic E-state index is 0.340. The fourth-order valence-corrected chi connectivity index (χ4v) is 1.16. The second kappa shape index (κ2) is 7.15. The lowest BCUT2D eigenvalue weighted by atomic mass is 10.2. The fourth-order valence-electron chi connectivity index (χ4n) is 1.16. The third-order valence-corrected chi connectivity index (χ3v) is 1.82. The van der Waals surface area contributed by atoms with Gasteiger partial charge in [0, 0.05) is 17.0 Å². The molecule has 0 spiro atoms. The zero-order valence-electron chi connectivity index (χ0n) is 8.91. The normalized spacial score (nSPS) is 9.75. The van der Waals surface area contributed by atoms with Crippen molar-refractivity contribution in [3.63, 3.8) is 0 Å². The molecule has 1 aromatic rings. The summed E-state index contributed by atoms with van der Waals surface area (Å²) in [7, 11) is 0. The van der Waals surface area contributed by atoms with E-state index in [2.05, 4.69) is 16.6 Å². The minimum atomic E-state index is 0.340. The lowest BCUT2D eigenvalue weighted by Gasteiger charge is -2.06. The molecule has 0 aliphatic rings. The first-order valence-electron chi connectivity index (χ1n) is 4.88. The number of hydrogen-bond acceptors (Lipinski definition) is 2. The number of hydrogen-bond donors (Lipinski definition) is 0. The van der Waals surface area contributed by atoms with Crippen molar-refractivity contribution in [2.75, 3.05) is 13.2 Å². The molecule has 0 fully saturated rings. The smallest absolute Gasteiger partial charge is 0.126 e. The lowest BCUT2D eigenvalue weighted by molar-refractivity contribution is 0.362. The SMILES string of the molecule is C=CCOc1ccccc1C=CCN=[N+]=[N-]. The number of para-hydroxylation sites is 1. The molecule has 0 aliphatic heterocycles. The third kappa shape index (κ3) is 3.90. The van der Waals surface area contributed by atoms with Gasteiger partial charge in [-0.25, -0.2) is 0 Å². The van der Waals surface area contributed by atoms with Gasteiger partial charge in [-0.1, -0.05) is 48.1 Å². The van der Waals surface area contributed by atoms with E-state index in [9.17, 15) is 0 Å². The van der Waals surface area contributed by atoms with Gasteiger partial charge in [-0.2, -0.15) is 0 Å². The monoisotopic (exact) mass is 215 g/mol. The van der Waals surface area contributed by atoms with Crippen LogP contribution in [0.1, 0.15) is 5.56 Å². The maximum Gasteiger partial charge on any atom is 0.126 e. The number of benzene rings is 1. The van der Waals surface area contributed by atoms with Gasteiger partial charge in [-0.05, 0) is 11.6 Å². The molecule has 0 radical (unpaired) electrons. The summed E-state index contributed by atoms with van der Waals surface area (Å²) in [5, 5.41) is 3.42. The van der Waals surface area contributed by atoms with Gasteiger partial charge in [0.2, 0.25) is 0 Å². The van der Waals surface area contributed by atoms with Crippen molar-refractivity contribution >= 4 is 6.08 Å². The maximum atomic E-state index is 8.12. The highest BCUT2D eigenvalue weighted by molar-refractivity contribution is 5.57. The van der Waals surface area contributed by atoms with E-state index in [0.29, 0.717) is 13.2 Å². The van der Waals surface area contributed by atoms with Crippen molar-refractivity contribution in [3.8, 4) is 5.75 Å². The van der Waals surface area contributed by atoms with E-state index in [4.69, 9.17) is 10.3 Å². The third-order valence-electron chi connectivity index (χ3n) is 1.82. The van der Waals surface area contributed by atoms with Gasteiger partial charge in [-0.3, -0.25) is 0 Å². The summed E-state index contributed by atoms with van der Waals surface area (Å²) < 4.78 is 5.47. The second-order valence-electron chi connectivity index (χ2n) is 2.95. The quantitative estimate of drug-likeness (QED) is 0.309. The van der Waals surface area contributed by atoms with Gasteiger partial charge in [0.15, 0.2) is 0 Å². The van der Waals surface area contributed by atoms with Crippen molar-refractivity contribution < 1.29 is 4.74 Å². The van der Waals surface area contributed by atoms with Crippen molar-refractivity contribution in [3.05, 3.63) is 59.0 Å². The van der Waals surface area contributed by atoms with Crippen LogP contribution < -0.4 is 4.74 Å². The molecule has 0 saturated carbocycles. The van der Waals surface area contributed by atoms with Crippen LogP contribution in [0.15, 0.2) is 48.1 Å². The van der Waals surface area contributed by atoms with E-state index >= 15 is 0 Å². The van der Waals surface area contributed by atoms with E-state index in [0.717, 1.165) is 11.3 Å². The predicted octanol–water partition coefficient (Wildman–Crippen LogP) is 3.57. The topological polar surface area (TPSA) is 58.0 Å². The van der Waals surface area contributed by atoms with Gasteiger partial charge in [0.1, 0.15) is 12.4 Å². The summed E-state index contributed by atoms with van der Waals surface area (Å²) in [5.74, 6) is 0.791. The molecular formula is C12H13N3O. The number of azide groups is 1. The van der Waals surface area contributed by atoms with E-state index in [1.54, 1.807) is 12.2 Å². The summed E-state index contributed by atoms with van der Waals surface area (Å²) in [6.07, 6.45) is 5.35. The Balaban J connectivity index is 2.73. The minimum Gasteiger partial charge on any atom is -0.489 e. The molecular weight excluding hydrogens is 202 g/mol. The molecule has 82 valence electrons. The van der Waals surface area contributed by atoms with Crippen LogP contribution >= 0.6 is 0 Å². The molecule has 0 bridgehead atoms. The number of ether oxygens (including phenoxy) is 1. The Morgan fingerprint density at radius 3 is 3.00 bits per heavy atom. The Kier molecular flexibility index (Phi) is 5.31. The molecule has 0 heterocycles. The Hall–Kier alpha value is -2.19. The zero-order valence-corrected chi connectivity index (χ0v) is 8.91. The van der Waals surface area contributed by atoms with E-state index in [-0.39, 0.29) is 0 Å². The molecule has 0 amide bonds. The standard InChI is InChI=1S/C12H13N3O/c1-2-10-16-12-8-4-3-6-11(12)7-5-9-14-15-13/h2-8H,1,9-10H2. The predicted molar refractivity (Wildman–Crippen MR) is 65.2 cm³/mol. The summed E-state index contributed by atoms with van der Waals surface area (Å²) in [6, 6.07) is 7.65. The van der Waals surface area contributed by atoms with Crippen LogP contribution in [0, 0.1) is 0 Å². The summed E-state index contributed by atoms with van der Waals surface area (Å²) in [4.78, 5) is 2.67. The van der Waals surface area contributed by atoms with Crippen LogP contribution in [0.4, 0.5) is 0 Å².